The number of nitrogens with one attached hydrogen (secondary N) is 1. The molecule has 1 aliphatic rings. The number of aromatic amines is 1. The van der Waals surface area contributed by atoms with Crippen LogP contribution in [0.4, 0.5) is 0 Å². The minimum Gasteiger partial charge on any atom is -0.410 e. The van der Waals surface area contributed by atoms with E-state index in [0.717, 1.165) is 39.4 Å². The van der Waals surface area contributed by atoms with Crippen molar-refractivity contribution in [3.8, 4) is 17.1 Å². The number of imidazole rings is 1. The van der Waals surface area contributed by atoms with Crippen molar-refractivity contribution in [2.75, 3.05) is 0 Å². The summed E-state index contributed by atoms with van der Waals surface area (Å²) in [4.78, 5) is 12.1. The maximum absolute atomic E-state index is 9.40. The molecule has 6 heteroatoms. The number of H-pyrrole nitrogens is 1. The van der Waals surface area contributed by atoms with Crippen molar-refractivity contribution in [2.45, 2.75) is 0 Å². The summed E-state index contributed by atoms with van der Waals surface area (Å²) in [7, 11) is 0. The molecule has 0 amide bonds. The molecule has 0 radical (unpaired) electrons. The number of hydrogen-bond acceptors (Lipinski definition) is 4. The number of para-hydroxylation sites is 1. The van der Waals surface area contributed by atoms with Crippen LogP contribution in [0.15, 0.2) is 60.1 Å². The third-order valence-corrected chi connectivity index (χ3v) is 4.16. The summed E-state index contributed by atoms with van der Waals surface area (Å²) in [6, 6.07) is 11.6. The van der Waals surface area contributed by atoms with Gasteiger partial charge in [-0.3, -0.25) is 4.98 Å². The Morgan fingerprint density at radius 2 is 2.00 bits per heavy atom. The molecule has 1 aromatic carbocycles. The molecule has 3 aromatic heterocycles. The molecule has 4 heterocycles. The number of nitrogens with zero attached hydrogens (tertiary/aromatic N) is 4. The van der Waals surface area contributed by atoms with Gasteiger partial charge in [-0.1, -0.05) is 17.3 Å². The van der Waals surface area contributed by atoms with E-state index >= 15 is 0 Å². The lowest BCUT2D eigenvalue weighted by Crippen LogP contribution is -1.97. The Kier molecular flexibility index (Phi) is 2.27. The second-order valence-electron chi connectivity index (χ2n) is 5.39. The van der Waals surface area contributed by atoms with Gasteiger partial charge in [-0.05, 0) is 24.3 Å². The fourth-order valence-corrected chi connectivity index (χ4v) is 3.18. The molecule has 5 rings (SSSR count). The van der Waals surface area contributed by atoms with Crippen LogP contribution in [-0.4, -0.2) is 30.4 Å². The standard InChI is InChI=1S/C17H11N5O/c23-21-15-10-3-1-4-11(16(10)22-8-2-5-14(15)22)17-19-12-6-7-18-9-13(12)20-17/h1-9,23H,(H,19,20). The third-order valence-electron chi connectivity index (χ3n) is 4.16. The second kappa shape index (κ2) is 4.30. The van der Waals surface area contributed by atoms with Gasteiger partial charge >= 0.3 is 0 Å². The van der Waals surface area contributed by atoms with Crippen molar-refractivity contribution >= 4 is 16.7 Å². The molecule has 0 spiro atoms. The molecule has 1 aliphatic heterocycles. The van der Waals surface area contributed by atoms with Crippen LogP contribution in [-0.2, 0) is 0 Å². The van der Waals surface area contributed by atoms with Gasteiger partial charge in [-0.2, -0.15) is 0 Å². The van der Waals surface area contributed by atoms with Crippen molar-refractivity contribution in [1.82, 2.24) is 19.5 Å². The van der Waals surface area contributed by atoms with Crippen molar-refractivity contribution in [1.29, 1.82) is 0 Å². The monoisotopic (exact) mass is 301 g/mol. The zero-order valence-corrected chi connectivity index (χ0v) is 11.9. The average molecular weight is 301 g/mol. The lowest BCUT2D eigenvalue weighted by atomic mass is 10.0. The van der Waals surface area contributed by atoms with Gasteiger partial charge in [0.05, 0.1) is 28.6 Å². The van der Waals surface area contributed by atoms with Crippen LogP contribution in [0, 0.1) is 0 Å². The van der Waals surface area contributed by atoms with E-state index < -0.39 is 0 Å². The predicted octanol–water partition coefficient (Wildman–Crippen LogP) is 2.96. The fourth-order valence-electron chi connectivity index (χ4n) is 3.18. The number of fused-ring (bicyclic) bond motifs is 4. The quantitative estimate of drug-likeness (QED) is 0.369. The maximum atomic E-state index is 9.40. The summed E-state index contributed by atoms with van der Waals surface area (Å²) in [6.45, 7) is 0. The fraction of sp³-hybridized carbons (Fsp3) is 0. The van der Waals surface area contributed by atoms with E-state index in [9.17, 15) is 5.21 Å². The number of rotatable bonds is 1. The highest BCUT2D eigenvalue weighted by molar-refractivity contribution is 6.18. The highest BCUT2D eigenvalue weighted by Crippen LogP contribution is 2.36. The molecular formula is C17H11N5O. The summed E-state index contributed by atoms with van der Waals surface area (Å²) in [5.74, 6) is 0.767. The first kappa shape index (κ1) is 12.2. The summed E-state index contributed by atoms with van der Waals surface area (Å²) >= 11 is 0. The van der Waals surface area contributed by atoms with Gasteiger partial charge in [0, 0.05) is 23.5 Å². The van der Waals surface area contributed by atoms with E-state index in [-0.39, 0.29) is 0 Å². The van der Waals surface area contributed by atoms with E-state index in [2.05, 4.69) is 20.1 Å². The van der Waals surface area contributed by atoms with Crippen molar-refractivity contribution in [3.05, 3.63) is 66.2 Å². The molecule has 0 bridgehead atoms. The van der Waals surface area contributed by atoms with E-state index in [1.807, 2.05) is 47.2 Å². The van der Waals surface area contributed by atoms with Crippen LogP contribution in [0.25, 0.3) is 28.1 Å². The van der Waals surface area contributed by atoms with Crippen LogP contribution < -0.4 is 0 Å². The van der Waals surface area contributed by atoms with Gasteiger partial charge in [-0.15, -0.1) is 0 Å². The van der Waals surface area contributed by atoms with Gasteiger partial charge in [0.25, 0.3) is 0 Å². The highest BCUT2D eigenvalue weighted by atomic mass is 16.4. The third kappa shape index (κ3) is 1.54. The Bertz CT molecular complexity index is 1060. The molecule has 110 valence electrons. The molecule has 0 saturated heterocycles. The molecular weight excluding hydrogens is 290 g/mol. The van der Waals surface area contributed by atoms with Crippen molar-refractivity contribution in [2.24, 2.45) is 5.16 Å². The minimum absolute atomic E-state index is 0.574. The Hall–Kier alpha value is -3.41. The molecule has 0 aliphatic carbocycles. The van der Waals surface area contributed by atoms with Crippen molar-refractivity contribution < 1.29 is 5.21 Å². The van der Waals surface area contributed by atoms with Crippen LogP contribution in [0.1, 0.15) is 11.3 Å². The molecule has 23 heavy (non-hydrogen) atoms. The van der Waals surface area contributed by atoms with Gasteiger partial charge in [0.15, 0.2) is 0 Å². The lowest BCUT2D eigenvalue weighted by molar-refractivity contribution is 0.319. The number of benzene rings is 1. The molecule has 0 saturated carbocycles. The SMILES string of the molecule is ON=C1c2cccc(-c3nc4ccncc4[nH]3)c2-n2cccc21. The van der Waals surface area contributed by atoms with E-state index in [4.69, 9.17) is 0 Å². The summed E-state index contributed by atoms with van der Waals surface area (Å²) in [6.07, 6.45) is 5.44. The summed E-state index contributed by atoms with van der Waals surface area (Å²) < 4.78 is 2.02. The molecule has 4 aromatic rings. The number of oxime groups is 1. The van der Waals surface area contributed by atoms with E-state index in [1.54, 1.807) is 12.4 Å². The maximum Gasteiger partial charge on any atom is 0.140 e. The van der Waals surface area contributed by atoms with Crippen LogP contribution in [0.2, 0.25) is 0 Å². The first-order valence-corrected chi connectivity index (χ1v) is 7.20. The minimum atomic E-state index is 0.574. The topological polar surface area (TPSA) is 79.1 Å². The smallest absolute Gasteiger partial charge is 0.140 e. The first-order valence-electron chi connectivity index (χ1n) is 7.20. The Morgan fingerprint density at radius 3 is 2.87 bits per heavy atom. The zero-order chi connectivity index (χ0) is 15.4. The second-order valence-corrected chi connectivity index (χ2v) is 5.39. The Labute approximate surface area is 130 Å². The van der Waals surface area contributed by atoms with Gasteiger partial charge in [-0.25, -0.2) is 4.98 Å². The van der Waals surface area contributed by atoms with Gasteiger partial charge in [0.1, 0.15) is 11.5 Å². The van der Waals surface area contributed by atoms with Crippen LogP contribution in [0.3, 0.4) is 0 Å². The van der Waals surface area contributed by atoms with E-state index in [0.29, 0.717) is 5.71 Å². The lowest BCUT2D eigenvalue weighted by Gasteiger charge is -2.07. The van der Waals surface area contributed by atoms with Gasteiger partial charge < -0.3 is 14.8 Å². The summed E-state index contributed by atoms with van der Waals surface area (Å²) in [5, 5.41) is 12.9. The highest BCUT2D eigenvalue weighted by Gasteiger charge is 2.28. The first-order chi connectivity index (χ1) is 11.4. The van der Waals surface area contributed by atoms with Gasteiger partial charge in [0.2, 0.25) is 0 Å². The summed E-state index contributed by atoms with van der Waals surface area (Å²) in [5.41, 5.74) is 6.01. The average Bonchev–Trinajstić information content (AvgIpc) is 3.27. The largest absolute Gasteiger partial charge is 0.410 e. The molecule has 0 fully saturated rings. The van der Waals surface area contributed by atoms with Crippen LogP contribution in [0.5, 0.6) is 0 Å². The predicted molar refractivity (Wildman–Crippen MR) is 86.1 cm³/mol. The molecule has 2 N–H and O–H groups in total. The number of aromatic nitrogens is 4. The molecule has 6 nitrogen and oxygen atoms in total. The number of pyridine rings is 1. The van der Waals surface area contributed by atoms with Crippen LogP contribution >= 0.6 is 0 Å². The van der Waals surface area contributed by atoms with E-state index in [1.165, 1.54) is 0 Å². The number of hydrogen-bond donors (Lipinski definition) is 2. The Morgan fingerprint density at radius 1 is 1.09 bits per heavy atom. The zero-order valence-electron chi connectivity index (χ0n) is 11.9. The molecule has 0 atom stereocenters. The normalized spacial score (nSPS) is 14.3. The molecule has 0 unspecified atom stereocenters. The van der Waals surface area contributed by atoms with Crippen molar-refractivity contribution in [3.63, 3.8) is 0 Å². The Balaban J connectivity index is 1.83.